The summed E-state index contributed by atoms with van der Waals surface area (Å²) in [6, 6.07) is 6.49. The lowest BCUT2D eigenvalue weighted by atomic mass is 9.83. The van der Waals surface area contributed by atoms with Gasteiger partial charge in [-0.3, -0.25) is 4.55 Å². The minimum Gasteiger partial charge on any atom is -0.497 e. The predicted molar refractivity (Wildman–Crippen MR) is 122 cm³/mol. The number of hydrogen-bond donors (Lipinski definition) is 2. The number of ether oxygens (including phenoxy) is 1. The van der Waals surface area contributed by atoms with Gasteiger partial charge in [-0.05, 0) is 113 Å². The highest BCUT2D eigenvalue weighted by Gasteiger charge is 2.23. The average Bonchev–Trinajstić information content (AvgIpc) is 2.72. The van der Waals surface area contributed by atoms with Crippen molar-refractivity contribution in [1.29, 1.82) is 0 Å². The third-order valence-electron chi connectivity index (χ3n) is 6.67. The number of rotatable bonds is 9. The summed E-state index contributed by atoms with van der Waals surface area (Å²) in [5.74, 6) is 2.49. The minimum absolute atomic E-state index is 0.223. The fraction of sp³-hybridized carbons (Fsp3) is 0.727. The van der Waals surface area contributed by atoms with Gasteiger partial charge in [0.05, 0.1) is 7.11 Å². The SMILES string of the molecule is COc1ccc(Br)c(CC2CCN(CCCC3CCC(NS(=O)O)CC3)CC2)c1. The van der Waals surface area contributed by atoms with Crippen LogP contribution in [0.2, 0.25) is 0 Å². The monoisotopic (exact) mass is 486 g/mol. The van der Waals surface area contributed by atoms with Gasteiger partial charge >= 0.3 is 0 Å². The molecular weight excluding hydrogens is 452 g/mol. The van der Waals surface area contributed by atoms with Crippen LogP contribution in [0, 0.1) is 11.8 Å². The molecule has 5 nitrogen and oxygen atoms in total. The largest absolute Gasteiger partial charge is 0.497 e. The summed E-state index contributed by atoms with van der Waals surface area (Å²) >= 11 is 1.82. The van der Waals surface area contributed by atoms with Crippen LogP contribution in [0.5, 0.6) is 5.75 Å². The van der Waals surface area contributed by atoms with E-state index in [0.29, 0.717) is 0 Å². The van der Waals surface area contributed by atoms with Gasteiger partial charge < -0.3 is 9.64 Å². The third-order valence-corrected chi connectivity index (χ3v) is 7.98. The van der Waals surface area contributed by atoms with E-state index in [1.165, 1.54) is 68.2 Å². The highest BCUT2D eigenvalue weighted by atomic mass is 79.9. The van der Waals surface area contributed by atoms with Gasteiger partial charge in [-0.15, -0.1) is 0 Å². The second kappa shape index (κ2) is 11.8. The Hall–Kier alpha value is -0.470. The van der Waals surface area contributed by atoms with Gasteiger partial charge in [-0.1, -0.05) is 15.9 Å². The van der Waals surface area contributed by atoms with E-state index in [9.17, 15) is 4.21 Å². The van der Waals surface area contributed by atoms with Crippen molar-refractivity contribution in [1.82, 2.24) is 9.62 Å². The number of hydrogen-bond acceptors (Lipinski definition) is 3. The zero-order valence-electron chi connectivity index (χ0n) is 17.4. The topological polar surface area (TPSA) is 61.8 Å². The Morgan fingerprint density at radius 2 is 1.90 bits per heavy atom. The van der Waals surface area contributed by atoms with E-state index in [4.69, 9.17) is 9.29 Å². The molecule has 2 aliphatic rings. The maximum atomic E-state index is 10.9. The smallest absolute Gasteiger partial charge is 0.231 e. The fourth-order valence-electron chi connectivity index (χ4n) is 4.87. The lowest BCUT2D eigenvalue weighted by molar-refractivity contribution is 0.175. The summed E-state index contributed by atoms with van der Waals surface area (Å²) in [6.45, 7) is 3.64. The molecule has 164 valence electrons. The first-order valence-electron chi connectivity index (χ1n) is 10.9. The van der Waals surface area contributed by atoms with Crippen LogP contribution in [-0.4, -0.2) is 46.4 Å². The van der Waals surface area contributed by atoms with Crippen molar-refractivity contribution in [2.24, 2.45) is 11.8 Å². The molecule has 1 aromatic carbocycles. The predicted octanol–water partition coefficient (Wildman–Crippen LogP) is 4.78. The molecule has 0 spiro atoms. The van der Waals surface area contributed by atoms with Crippen molar-refractivity contribution >= 4 is 27.2 Å². The number of likely N-dealkylation sites (tertiary alicyclic amines) is 1. The van der Waals surface area contributed by atoms with Crippen molar-refractivity contribution in [3.63, 3.8) is 0 Å². The highest BCUT2D eigenvalue weighted by molar-refractivity contribution is 9.10. The Kier molecular flexibility index (Phi) is 9.44. The fourth-order valence-corrected chi connectivity index (χ4v) is 5.80. The van der Waals surface area contributed by atoms with Gasteiger partial charge in [0.25, 0.3) is 0 Å². The molecule has 2 fully saturated rings. The van der Waals surface area contributed by atoms with E-state index < -0.39 is 11.3 Å². The quantitative estimate of drug-likeness (QED) is 0.493. The highest BCUT2D eigenvalue weighted by Crippen LogP contribution is 2.30. The van der Waals surface area contributed by atoms with Gasteiger partial charge in [-0.2, -0.15) is 0 Å². The summed E-state index contributed by atoms with van der Waals surface area (Å²) in [5, 5.41) is 0. The standard InChI is InChI=1S/C22H35BrN2O3S/c1-28-21-8-9-22(23)19(16-21)15-18-10-13-25(14-11-18)12-2-3-17-4-6-20(7-5-17)24-29(26)27/h8-9,16-18,20,24H,2-7,10-15H2,1H3,(H,26,27). The van der Waals surface area contributed by atoms with Crippen LogP contribution in [0.4, 0.5) is 0 Å². The first-order valence-corrected chi connectivity index (χ1v) is 12.8. The molecule has 0 aromatic heterocycles. The van der Waals surface area contributed by atoms with E-state index in [2.05, 4.69) is 37.7 Å². The van der Waals surface area contributed by atoms with Gasteiger partial charge in [0.1, 0.15) is 5.75 Å². The zero-order valence-corrected chi connectivity index (χ0v) is 19.8. The molecule has 29 heavy (non-hydrogen) atoms. The van der Waals surface area contributed by atoms with Crippen molar-refractivity contribution in [2.75, 3.05) is 26.7 Å². The molecule has 2 N–H and O–H groups in total. The van der Waals surface area contributed by atoms with E-state index >= 15 is 0 Å². The third kappa shape index (κ3) is 7.62. The summed E-state index contributed by atoms with van der Waals surface area (Å²) in [6.07, 6.45) is 10.7. The molecule has 0 amide bonds. The number of benzene rings is 1. The summed E-state index contributed by atoms with van der Waals surface area (Å²) in [4.78, 5) is 2.64. The normalized spacial score (nSPS) is 25.1. The van der Waals surface area contributed by atoms with Gasteiger partial charge in [0, 0.05) is 10.5 Å². The van der Waals surface area contributed by atoms with E-state index in [0.717, 1.165) is 36.8 Å². The first kappa shape index (κ1) is 23.2. The molecule has 1 heterocycles. The van der Waals surface area contributed by atoms with Crippen LogP contribution in [0.3, 0.4) is 0 Å². The van der Waals surface area contributed by atoms with E-state index in [1.54, 1.807) is 7.11 Å². The van der Waals surface area contributed by atoms with Crippen molar-refractivity contribution in [3.05, 3.63) is 28.2 Å². The van der Waals surface area contributed by atoms with Crippen LogP contribution in [0.25, 0.3) is 0 Å². The number of nitrogens with zero attached hydrogens (tertiary/aromatic N) is 1. The number of halogens is 1. The molecule has 0 bridgehead atoms. The first-order chi connectivity index (χ1) is 14.0. The Morgan fingerprint density at radius 1 is 1.17 bits per heavy atom. The maximum absolute atomic E-state index is 10.9. The molecule has 1 aliphatic carbocycles. The molecule has 1 aromatic rings. The van der Waals surface area contributed by atoms with Crippen LogP contribution in [0.15, 0.2) is 22.7 Å². The molecular formula is C22H35BrN2O3S. The van der Waals surface area contributed by atoms with Crippen molar-refractivity contribution in [2.45, 2.75) is 63.8 Å². The Bertz CT molecular complexity index is 659. The molecule has 1 atom stereocenters. The zero-order chi connectivity index (χ0) is 20.6. The molecule has 7 heteroatoms. The molecule has 1 aliphatic heterocycles. The summed E-state index contributed by atoms with van der Waals surface area (Å²) in [7, 11) is 1.73. The molecule has 1 unspecified atom stereocenters. The second-order valence-corrected chi connectivity index (χ2v) is 10.3. The molecule has 1 saturated carbocycles. The summed E-state index contributed by atoms with van der Waals surface area (Å²) in [5.41, 5.74) is 1.36. The molecule has 3 rings (SSSR count). The number of nitrogens with one attached hydrogen (secondary N) is 1. The van der Waals surface area contributed by atoms with Gasteiger partial charge in [0.2, 0.25) is 11.3 Å². The summed E-state index contributed by atoms with van der Waals surface area (Å²) < 4.78 is 29.1. The second-order valence-electron chi connectivity index (χ2n) is 8.67. The van der Waals surface area contributed by atoms with Crippen molar-refractivity contribution < 1.29 is 13.5 Å². The lowest BCUT2D eigenvalue weighted by Crippen LogP contribution is -2.36. The van der Waals surface area contributed by atoms with Crippen LogP contribution >= 0.6 is 15.9 Å². The van der Waals surface area contributed by atoms with Crippen LogP contribution in [0.1, 0.15) is 56.9 Å². The number of piperidine rings is 1. The van der Waals surface area contributed by atoms with Gasteiger partial charge in [0.15, 0.2) is 0 Å². The molecule has 0 radical (unpaired) electrons. The van der Waals surface area contributed by atoms with Gasteiger partial charge in [-0.25, -0.2) is 8.93 Å². The van der Waals surface area contributed by atoms with Crippen LogP contribution < -0.4 is 9.46 Å². The number of methoxy groups -OCH3 is 1. The Labute approximate surface area is 186 Å². The maximum Gasteiger partial charge on any atom is 0.231 e. The Morgan fingerprint density at radius 3 is 2.55 bits per heavy atom. The van der Waals surface area contributed by atoms with Crippen LogP contribution in [-0.2, 0) is 17.7 Å². The lowest BCUT2D eigenvalue weighted by Gasteiger charge is -2.33. The van der Waals surface area contributed by atoms with Crippen molar-refractivity contribution in [3.8, 4) is 5.75 Å². The molecule has 1 saturated heterocycles. The van der Waals surface area contributed by atoms with E-state index in [1.807, 2.05) is 6.07 Å². The Balaban J connectivity index is 1.31. The minimum atomic E-state index is -1.87. The average molecular weight is 488 g/mol. The van der Waals surface area contributed by atoms with E-state index in [-0.39, 0.29) is 6.04 Å².